The minimum atomic E-state index is -4.47. The van der Waals surface area contributed by atoms with Crippen LogP contribution >= 0.6 is 0 Å². The molecule has 1 fully saturated rings. The first-order valence-electron chi connectivity index (χ1n) is 8.27. The number of alkyl halides is 3. The minimum Gasteiger partial charge on any atom is -0.481 e. The number of ether oxygens (including phenoxy) is 1. The third-order valence-electron chi connectivity index (χ3n) is 5.10. The van der Waals surface area contributed by atoms with E-state index in [1.807, 2.05) is 0 Å². The predicted octanol–water partition coefficient (Wildman–Crippen LogP) is 2.76. The molecule has 0 radical (unpaired) electrons. The van der Waals surface area contributed by atoms with E-state index in [4.69, 9.17) is 4.74 Å². The molecule has 1 unspecified atom stereocenters. The van der Waals surface area contributed by atoms with E-state index in [-0.39, 0.29) is 31.8 Å². The summed E-state index contributed by atoms with van der Waals surface area (Å²) >= 11 is 0. The second-order valence-corrected chi connectivity index (χ2v) is 6.86. The number of carbonyl (C=O) groups is 2. The highest BCUT2D eigenvalue weighted by molar-refractivity contribution is 5.99. The molecule has 6 nitrogen and oxygen atoms in total. The van der Waals surface area contributed by atoms with Gasteiger partial charge in [-0.2, -0.15) is 13.2 Å². The van der Waals surface area contributed by atoms with Crippen molar-refractivity contribution in [3.8, 4) is 0 Å². The van der Waals surface area contributed by atoms with Crippen LogP contribution in [0.2, 0.25) is 0 Å². The molecule has 3 rings (SSSR count). The molecule has 1 aliphatic rings. The summed E-state index contributed by atoms with van der Waals surface area (Å²) in [7, 11) is 3.00. The van der Waals surface area contributed by atoms with Crippen molar-refractivity contribution >= 4 is 22.8 Å². The highest BCUT2D eigenvalue weighted by Crippen LogP contribution is 2.34. The Morgan fingerprint density at radius 2 is 2.00 bits per heavy atom. The van der Waals surface area contributed by atoms with Gasteiger partial charge in [0.1, 0.15) is 11.1 Å². The SMILES string of the molecule is COCC1(C(=O)O)CCN(C(=O)c2cc3cc(C(F)(F)F)ccc3n2C)C1. The molecular weight excluding hydrogens is 365 g/mol. The molecule has 2 heterocycles. The van der Waals surface area contributed by atoms with Crippen LogP contribution < -0.4 is 0 Å². The van der Waals surface area contributed by atoms with E-state index in [1.54, 1.807) is 7.05 Å². The smallest absolute Gasteiger partial charge is 0.416 e. The predicted molar refractivity (Wildman–Crippen MR) is 90.4 cm³/mol. The van der Waals surface area contributed by atoms with Crippen molar-refractivity contribution in [2.24, 2.45) is 12.5 Å². The van der Waals surface area contributed by atoms with Crippen molar-refractivity contribution in [2.45, 2.75) is 12.6 Å². The number of carbonyl (C=O) groups excluding carboxylic acids is 1. The van der Waals surface area contributed by atoms with Crippen molar-refractivity contribution in [3.05, 3.63) is 35.5 Å². The van der Waals surface area contributed by atoms with E-state index in [0.29, 0.717) is 10.9 Å². The number of rotatable bonds is 4. The number of carboxylic acids is 1. The van der Waals surface area contributed by atoms with Gasteiger partial charge in [-0.25, -0.2) is 0 Å². The Hall–Kier alpha value is -2.55. The van der Waals surface area contributed by atoms with Crippen LogP contribution in [0.1, 0.15) is 22.5 Å². The summed E-state index contributed by atoms with van der Waals surface area (Å²) in [6.07, 6.45) is -4.21. The maximum Gasteiger partial charge on any atom is 0.416 e. The van der Waals surface area contributed by atoms with Gasteiger partial charge >= 0.3 is 12.1 Å². The lowest BCUT2D eigenvalue weighted by atomic mass is 9.88. The van der Waals surface area contributed by atoms with Crippen LogP contribution in [-0.4, -0.2) is 53.3 Å². The maximum absolute atomic E-state index is 12.9. The normalized spacial score (nSPS) is 20.4. The molecule has 0 bridgehead atoms. The fourth-order valence-corrected chi connectivity index (χ4v) is 3.57. The average molecular weight is 384 g/mol. The van der Waals surface area contributed by atoms with E-state index >= 15 is 0 Å². The number of aryl methyl sites for hydroxylation is 1. The van der Waals surface area contributed by atoms with Crippen LogP contribution in [0.25, 0.3) is 10.9 Å². The Kier molecular flexibility index (Phi) is 4.67. The van der Waals surface area contributed by atoms with Gasteiger partial charge in [0.15, 0.2) is 0 Å². The summed E-state index contributed by atoms with van der Waals surface area (Å²) in [6.45, 7) is 0.213. The number of aromatic nitrogens is 1. The molecule has 1 aliphatic heterocycles. The zero-order valence-electron chi connectivity index (χ0n) is 14.8. The fourth-order valence-electron chi connectivity index (χ4n) is 3.57. The van der Waals surface area contributed by atoms with Crippen LogP contribution in [-0.2, 0) is 22.8 Å². The van der Waals surface area contributed by atoms with Crippen LogP contribution in [0.15, 0.2) is 24.3 Å². The van der Waals surface area contributed by atoms with Crippen molar-refractivity contribution in [1.82, 2.24) is 9.47 Å². The number of amides is 1. The van der Waals surface area contributed by atoms with Gasteiger partial charge in [0.2, 0.25) is 0 Å². The van der Waals surface area contributed by atoms with E-state index in [9.17, 15) is 27.9 Å². The van der Waals surface area contributed by atoms with Gasteiger partial charge in [0, 0.05) is 38.1 Å². The molecule has 2 aromatic rings. The summed E-state index contributed by atoms with van der Waals surface area (Å²) < 4.78 is 45.3. The highest BCUT2D eigenvalue weighted by Gasteiger charge is 2.46. The minimum absolute atomic E-state index is 0.00959. The van der Waals surface area contributed by atoms with Gasteiger partial charge in [-0.1, -0.05) is 0 Å². The average Bonchev–Trinajstić information content (AvgIpc) is 3.16. The largest absolute Gasteiger partial charge is 0.481 e. The van der Waals surface area contributed by atoms with Crippen LogP contribution in [0.3, 0.4) is 0 Å². The lowest BCUT2D eigenvalue weighted by Gasteiger charge is -2.23. The zero-order valence-corrected chi connectivity index (χ0v) is 14.8. The molecule has 27 heavy (non-hydrogen) atoms. The number of hydrogen-bond acceptors (Lipinski definition) is 3. The third kappa shape index (κ3) is 3.27. The first-order chi connectivity index (χ1) is 12.6. The Bertz CT molecular complexity index is 906. The molecule has 1 aromatic heterocycles. The van der Waals surface area contributed by atoms with Crippen LogP contribution in [0.5, 0.6) is 0 Å². The lowest BCUT2D eigenvalue weighted by molar-refractivity contribution is -0.151. The summed E-state index contributed by atoms with van der Waals surface area (Å²) in [5, 5.41) is 9.81. The number of fused-ring (bicyclic) bond motifs is 1. The molecule has 146 valence electrons. The molecule has 0 saturated carbocycles. The molecule has 1 N–H and O–H groups in total. The highest BCUT2D eigenvalue weighted by atomic mass is 19.4. The van der Waals surface area contributed by atoms with Crippen molar-refractivity contribution < 1.29 is 32.6 Å². The quantitative estimate of drug-likeness (QED) is 0.880. The number of aliphatic carboxylic acids is 1. The number of methoxy groups -OCH3 is 1. The third-order valence-corrected chi connectivity index (χ3v) is 5.10. The molecular formula is C18H19F3N2O4. The monoisotopic (exact) mass is 384 g/mol. The Balaban J connectivity index is 1.92. The van der Waals surface area contributed by atoms with E-state index in [0.717, 1.165) is 12.1 Å². The summed E-state index contributed by atoms with van der Waals surface area (Å²) in [4.78, 5) is 25.9. The number of benzene rings is 1. The topological polar surface area (TPSA) is 71.8 Å². The maximum atomic E-state index is 12.9. The molecule has 0 spiro atoms. The Morgan fingerprint density at radius 3 is 2.59 bits per heavy atom. The first kappa shape index (κ1) is 19.2. The fraction of sp³-hybridized carbons (Fsp3) is 0.444. The van der Waals surface area contributed by atoms with E-state index < -0.39 is 29.0 Å². The first-order valence-corrected chi connectivity index (χ1v) is 8.27. The second-order valence-electron chi connectivity index (χ2n) is 6.86. The molecule has 0 aliphatic carbocycles. The summed E-state index contributed by atoms with van der Waals surface area (Å²) in [6, 6.07) is 4.71. The van der Waals surface area contributed by atoms with Crippen molar-refractivity contribution in [2.75, 3.05) is 26.8 Å². The Labute approximate surface area is 153 Å². The number of carboxylic acid groups (broad SMARTS) is 1. The summed E-state index contributed by atoms with van der Waals surface area (Å²) in [5.74, 6) is -1.45. The van der Waals surface area contributed by atoms with Gasteiger partial charge in [-0.3, -0.25) is 9.59 Å². The Morgan fingerprint density at radius 1 is 1.30 bits per heavy atom. The van der Waals surface area contributed by atoms with Gasteiger partial charge in [-0.15, -0.1) is 0 Å². The second kappa shape index (κ2) is 6.56. The molecule has 1 aromatic carbocycles. The molecule has 1 atom stereocenters. The number of halogens is 3. The van der Waals surface area contributed by atoms with Gasteiger partial charge in [0.05, 0.1) is 12.2 Å². The molecule has 1 saturated heterocycles. The number of hydrogen-bond donors (Lipinski definition) is 1. The standard InChI is InChI=1S/C18H19F3N2O4/c1-22-13-4-3-12(18(19,20)21)7-11(13)8-14(22)15(24)23-6-5-17(9-23,10-27-2)16(25)26/h3-4,7-8H,5-6,9-10H2,1-2H3,(H,25,26). The number of likely N-dealkylation sites (tertiary alicyclic amines) is 1. The lowest BCUT2D eigenvalue weighted by Crippen LogP contribution is -2.40. The molecule has 9 heteroatoms. The van der Waals surface area contributed by atoms with Crippen LogP contribution in [0.4, 0.5) is 13.2 Å². The van der Waals surface area contributed by atoms with Gasteiger partial charge < -0.3 is 19.3 Å². The summed E-state index contributed by atoms with van der Waals surface area (Å²) in [5.41, 5.74) is -1.25. The van der Waals surface area contributed by atoms with Gasteiger partial charge in [0.25, 0.3) is 5.91 Å². The number of nitrogens with zero attached hydrogens (tertiary/aromatic N) is 2. The van der Waals surface area contributed by atoms with Gasteiger partial charge in [-0.05, 0) is 30.7 Å². The van der Waals surface area contributed by atoms with Crippen LogP contribution in [0, 0.1) is 5.41 Å². The molecule has 1 amide bonds. The van der Waals surface area contributed by atoms with E-state index in [2.05, 4.69) is 0 Å². The van der Waals surface area contributed by atoms with Crippen molar-refractivity contribution in [3.63, 3.8) is 0 Å². The van der Waals surface area contributed by atoms with E-state index in [1.165, 1.54) is 28.7 Å². The zero-order chi connectivity index (χ0) is 20.0. The van der Waals surface area contributed by atoms with Crippen molar-refractivity contribution in [1.29, 1.82) is 0 Å².